The van der Waals surface area contributed by atoms with Crippen molar-refractivity contribution < 1.29 is 14.3 Å². The summed E-state index contributed by atoms with van der Waals surface area (Å²) in [6.07, 6.45) is 3.16. The predicted octanol–water partition coefficient (Wildman–Crippen LogP) is 1.98. The van der Waals surface area contributed by atoms with E-state index in [1.54, 1.807) is 32.5 Å². The zero-order valence-corrected chi connectivity index (χ0v) is 16.3. The van der Waals surface area contributed by atoms with Crippen molar-refractivity contribution in [2.24, 2.45) is 5.92 Å². The fourth-order valence-electron chi connectivity index (χ4n) is 3.39. The smallest absolute Gasteiger partial charge is 0.254 e. The van der Waals surface area contributed by atoms with Gasteiger partial charge in [0.15, 0.2) is 0 Å². The molecule has 0 saturated carbocycles. The molecule has 0 radical (unpaired) electrons. The highest BCUT2D eigenvalue weighted by molar-refractivity contribution is 5.98. The fraction of sp³-hybridized carbons (Fsp3) is 0.381. The van der Waals surface area contributed by atoms with Gasteiger partial charge in [-0.05, 0) is 42.7 Å². The molecule has 1 saturated heterocycles. The number of piperidine rings is 1. The van der Waals surface area contributed by atoms with Crippen LogP contribution in [0.3, 0.4) is 0 Å². The average Bonchev–Trinajstić information content (AvgIpc) is 2.77. The molecule has 0 atom stereocenters. The number of pyridine rings is 1. The van der Waals surface area contributed by atoms with E-state index in [0.717, 1.165) is 24.2 Å². The third kappa shape index (κ3) is 4.60. The number of benzene rings is 1. The van der Waals surface area contributed by atoms with E-state index in [9.17, 15) is 9.59 Å². The Hall–Kier alpha value is -3.09. The third-order valence-electron chi connectivity index (χ3n) is 5.05. The number of anilines is 1. The van der Waals surface area contributed by atoms with Gasteiger partial charge in [0.2, 0.25) is 5.91 Å². The largest absolute Gasteiger partial charge is 0.497 e. The van der Waals surface area contributed by atoms with Crippen molar-refractivity contribution in [1.29, 1.82) is 0 Å². The SMILES string of the molecule is CNC(=O)c1cccnc1N1CCC(C(=O)NCc2ccc(OC)cc2)CC1. The molecule has 28 heavy (non-hydrogen) atoms. The molecular weight excluding hydrogens is 356 g/mol. The van der Waals surface area contributed by atoms with Crippen molar-refractivity contribution in [3.8, 4) is 5.75 Å². The van der Waals surface area contributed by atoms with Crippen LogP contribution in [0.15, 0.2) is 42.6 Å². The van der Waals surface area contributed by atoms with Crippen LogP contribution in [0, 0.1) is 5.92 Å². The molecule has 7 heteroatoms. The van der Waals surface area contributed by atoms with E-state index in [-0.39, 0.29) is 17.7 Å². The normalized spacial score (nSPS) is 14.4. The number of nitrogens with zero attached hydrogens (tertiary/aromatic N) is 2. The summed E-state index contributed by atoms with van der Waals surface area (Å²) >= 11 is 0. The quantitative estimate of drug-likeness (QED) is 0.798. The molecule has 2 amide bonds. The minimum atomic E-state index is -0.151. The van der Waals surface area contributed by atoms with Crippen molar-refractivity contribution in [3.63, 3.8) is 0 Å². The first-order valence-corrected chi connectivity index (χ1v) is 9.45. The lowest BCUT2D eigenvalue weighted by molar-refractivity contribution is -0.125. The van der Waals surface area contributed by atoms with Crippen molar-refractivity contribution in [3.05, 3.63) is 53.7 Å². The van der Waals surface area contributed by atoms with Crippen LogP contribution in [0.2, 0.25) is 0 Å². The number of carbonyl (C=O) groups is 2. The minimum absolute atomic E-state index is 0.0262. The van der Waals surface area contributed by atoms with Gasteiger partial charge >= 0.3 is 0 Å². The highest BCUT2D eigenvalue weighted by Gasteiger charge is 2.27. The van der Waals surface area contributed by atoms with Gasteiger partial charge in [0.05, 0.1) is 12.7 Å². The molecular formula is C21H26N4O3. The summed E-state index contributed by atoms with van der Waals surface area (Å²) in [5, 5.41) is 5.67. The summed E-state index contributed by atoms with van der Waals surface area (Å²) in [6.45, 7) is 1.90. The topological polar surface area (TPSA) is 83.6 Å². The van der Waals surface area contributed by atoms with Crippen LogP contribution in [-0.4, -0.2) is 44.0 Å². The second kappa shape index (κ2) is 9.21. The first kappa shape index (κ1) is 19.7. The Balaban J connectivity index is 1.53. The van der Waals surface area contributed by atoms with Gasteiger partial charge in [0.25, 0.3) is 5.91 Å². The predicted molar refractivity (Wildman–Crippen MR) is 107 cm³/mol. The molecule has 0 bridgehead atoms. The first-order chi connectivity index (χ1) is 13.6. The zero-order valence-electron chi connectivity index (χ0n) is 16.3. The molecule has 1 aromatic heterocycles. The summed E-state index contributed by atoms with van der Waals surface area (Å²) in [7, 11) is 3.24. The molecule has 2 aromatic rings. The van der Waals surface area contributed by atoms with E-state index in [0.29, 0.717) is 31.0 Å². The molecule has 2 heterocycles. The number of hydrogen-bond acceptors (Lipinski definition) is 5. The van der Waals surface area contributed by atoms with Crippen LogP contribution >= 0.6 is 0 Å². The lowest BCUT2D eigenvalue weighted by Gasteiger charge is -2.33. The van der Waals surface area contributed by atoms with Gasteiger partial charge in [0, 0.05) is 38.8 Å². The Kier molecular flexibility index (Phi) is 6.47. The summed E-state index contributed by atoms with van der Waals surface area (Å²) in [6, 6.07) is 11.2. The van der Waals surface area contributed by atoms with E-state index in [1.807, 2.05) is 24.3 Å². The second-order valence-electron chi connectivity index (χ2n) is 6.78. The number of amides is 2. The number of nitrogens with one attached hydrogen (secondary N) is 2. The molecule has 2 N–H and O–H groups in total. The number of ether oxygens (including phenoxy) is 1. The van der Waals surface area contributed by atoms with Crippen LogP contribution in [-0.2, 0) is 11.3 Å². The standard InChI is InChI=1S/C21H26N4O3/c1-22-21(27)18-4-3-11-23-19(18)25-12-9-16(10-13-25)20(26)24-14-15-5-7-17(28-2)8-6-15/h3-8,11,16H,9-10,12-14H2,1-2H3,(H,22,27)(H,24,26). The Bertz CT molecular complexity index is 815. The number of methoxy groups -OCH3 is 1. The average molecular weight is 382 g/mol. The van der Waals surface area contributed by atoms with Crippen molar-refractivity contribution >= 4 is 17.6 Å². The van der Waals surface area contributed by atoms with Crippen LogP contribution in [0.5, 0.6) is 5.75 Å². The first-order valence-electron chi connectivity index (χ1n) is 9.45. The maximum absolute atomic E-state index is 12.5. The van der Waals surface area contributed by atoms with E-state index in [2.05, 4.69) is 20.5 Å². The maximum atomic E-state index is 12.5. The van der Waals surface area contributed by atoms with Gasteiger partial charge in [-0.15, -0.1) is 0 Å². The van der Waals surface area contributed by atoms with E-state index in [1.165, 1.54) is 0 Å². The maximum Gasteiger partial charge on any atom is 0.254 e. The monoisotopic (exact) mass is 382 g/mol. The zero-order chi connectivity index (χ0) is 19.9. The lowest BCUT2D eigenvalue weighted by atomic mass is 9.95. The number of rotatable bonds is 6. The van der Waals surface area contributed by atoms with Gasteiger partial charge in [0.1, 0.15) is 11.6 Å². The molecule has 1 aliphatic heterocycles. The van der Waals surface area contributed by atoms with Crippen molar-refractivity contribution in [2.45, 2.75) is 19.4 Å². The summed E-state index contributed by atoms with van der Waals surface area (Å²) in [5.41, 5.74) is 1.60. The molecule has 1 aliphatic rings. The van der Waals surface area contributed by atoms with Gasteiger partial charge < -0.3 is 20.3 Å². The molecule has 3 rings (SSSR count). The summed E-state index contributed by atoms with van der Waals surface area (Å²) in [4.78, 5) is 31.1. The molecule has 0 aliphatic carbocycles. The highest BCUT2D eigenvalue weighted by Crippen LogP contribution is 2.25. The van der Waals surface area contributed by atoms with E-state index >= 15 is 0 Å². The molecule has 1 fully saturated rings. The van der Waals surface area contributed by atoms with E-state index < -0.39 is 0 Å². The van der Waals surface area contributed by atoms with Crippen molar-refractivity contribution in [2.75, 3.05) is 32.1 Å². The van der Waals surface area contributed by atoms with Crippen LogP contribution in [0.25, 0.3) is 0 Å². The number of hydrogen-bond donors (Lipinski definition) is 2. The highest BCUT2D eigenvalue weighted by atomic mass is 16.5. The fourth-order valence-corrected chi connectivity index (χ4v) is 3.39. The minimum Gasteiger partial charge on any atom is -0.497 e. The van der Waals surface area contributed by atoms with Crippen LogP contribution in [0.4, 0.5) is 5.82 Å². The second-order valence-corrected chi connectivity index (χ2v) is 6.78. The summed E-state index contributed by atoms with van der Waals surface area (Å²) < 4.78 is 5.14. The lowest BCUT2D eigenvalue weighted by Crippen LogP contribution is -2.41. The molecule has 7 nitrogen and oxygen atoms in total. The van der Waals surface area contributed by atoms with Crippen LogP contribution < -0.4 is 20.3 Å². The summed E-state index contributed by atoms with van der Waals surface area (Å²) in [5.74, 6) is 1.37. The molecule has 1 aromatic carbocycles. The third-order valence-corrected chi connectivity index (χ3v) is 5.05. The van der Waals surface area contributed by atoms with E-state index in [4.69, 9.17) is 4.74 Å². The molecule has 0 spiro atoms. The Morgan fingerprint density at radius 3 is 2.54 bits per heavy atom. The van der Waals surface area contributed by atoms with Crippen LogP contribution in [0.1, 0.15) is 28.8 Å². The Morgan fingerprint density at radius 1 is 1.18 bits per heavy atom. The number of carbonyl (C=O) groups excluding carboxylic acids is 2. The van der Waals surface area contributed by atoms with Crippen molar-refractivity contribution in [1.82, 2.24) is 15.6 Å². The van der Waals surface area contributed by atoms with Gasteiger partial charge in [-0.2, -0.15) is 0 Å². The van der Waals surface area contributed by atoms with Gasteiger partial charge in [-0.3, -0.25) is 9.59 Å². The molecule has 148 valence electrons. The van der Waals surface area contributed by atoms with Gasteiger partial charge in [-0.1, -0.05) is 12.1 Å². The van der Waals surface area contributed by atoms with Gasteiger partial charge in [-0.25, -0.2) is 4.98 Å². The number of aromatic nitrogens is 1. The Morgan fingerprint density at radius 2 is 1.89 bits per heavy atom. The molecule has 0 unspecified atom stereocenters. The Labute approximate surface area is 165 Å².